The highest BCUT2D eigenvalue weighted by molar-refractivity contribution is 5.99. The van der Waals surface area contributed by atoms with Crippen molar-refractivity contribution in [2.75, 3.05) is 29.6 Å². The number of amides is 2. The van der Waals surface area contributed by atoms with Crippen LogP contribution in [0.5, 0.6) is 5.75 Å². The number of rotatable bonds is 5. The Morgan fingerprint density at radius 1 is 1.03 bits per heavy atom. The van der Waals surface area contributed by atoms with E-state index in [1.165, 1.54) is 6.20 Å². The molecule has 0 aliphatic carbocycles. The van der Waals surface area contributed by atoms with E-state index in [9.17, 15) is 9.59 Å². The lowest BCUT2D eigenvalue weighted by molar-refractivity contribution is 0.0734. The number of nitrogens with zero attached hydrogens (tertiary/aromatic N) is 3. The van der Waals surface area contributed by atoms with Crippen molar-refractivity contribution in [2.24, 2.45) is 0 Å². The Hall–Kier alpha value is -3.88. The highest BCUT2D eigenvalue weighted by Gasteiger charge is 2.20. The Labute approximate surface area is 180 Å². The predicted octanol–water partition coefficient (Wildman–Crippen LogP) is 4.30. The number of hydrogen-bond donors (Lipinski definition) is 2. The molecule has 2 N–H and O–H groups in total. The normalized spacial score (nSPS) is 11.0. The molecule has 0 aliphatic rings. The van der Waals surface area contributed by atoms with Crippen molar-refractivity contribution in [3.8, 4) is 5.75 Å². The van der Waals surface area contributed by atoms with E-state index in [0.29, 0.717) is 28.6 Å². The molecule has 0 saturated carbocycles. The van der Waals surface area contributed by atoms with Crippen LogP contribution in [0, 0.1) is 0 Å². The van der Waals surface area contributed by atoms with E-state index in [2.05, 4.69) is 20.8 Å². The molecule has 0 radical (unpaired) electrons. The Kier molecular flexibility index (Phi) is 6.24. The number of esters is 1. The van der Waals surface area contributed by atoms with Gasteiger partial charge < -0.3 is 19.5 Å². The third-order valence-corrected chi connectivity index (χ3v) is 4.26. The molecule has 162 valence electrons. The summed E-state index contributed by atoms with van der Waals surface area (Å²) in [6.07, 6.45) is 1.47. The number of anilines is 3. The van der Waals surface area contributed by atoms with E-state index < -0.39 is 12.0 Å². The van der Waals surface area contributed by atoms with E-state index in [1.54, 1.807) is 42.5 Å². The number of pyridine rings is 1. The molecule has 9 heteroatoms. The van der Waals surface area contributed by atoms with Gasteiger partial charge in [0.25, 0.3) is 0 Å². The van der Waals surface area contributed by atoms with Crippen LogP contribution in [0.1, 0.15) is 36.9 Å². The molecule has 2 amide bonds. The highest BCUT2D eigenvalue weighted by atomic mass is 16.5. The molecular formula is C22H25N5O4. The third-order valence-electron chi connectivity index (χ3n) is 4.26. The summed E-state index contributed by atoms with van der Waals surface area (Å²) in [6, 6.07) is 11.0. The molecular weight excluding hydrogens is 398 g/mol. The number of benzene rings is 1. The number of hydrogen-bond acceptors (Lipinski definition) is 7. The zero-order valence-electron chi connectivity index (χ0n) is 18.1. The van der Waals surface area contributed by atoms with E-state index in [1.807, 2.05) is 39.8 Å². The van der Waals surface area contributed by atoms with Crippen LogP contribution < -0.4 is 20.3 Å². The minimum Gasteiger partial charge on any atom is -0.423 e. The molecule has 0 bridgehead atoms. The molecule has 0 aliphatic heterocycles. The average Bonchev–Trinajstić information content (AvgIpc) is 3.18. The molecule has 0 saturated heterocycles. The first kappa shape index (κ1) is 21.8. The fourth-order valence-electron chi connectivity index (χ4n) is 2.51. The van der Waals surface area contributed by atoms with Crippen LogP contribution in [-0.2, 0) is 5.41 Å². The number of urea groups is 1. The van der Waals surface area contributed by atoms with Crippen LogP contribution in [0.4, 0.5) is 22.1 Å². The highest BCUT2D eigenvalue weighted by Crippen LogP contribution is 2.24. The van der Waals surface area contributed by atoms with Gasteiger partial charge in [0, 0.05) is 37.5 Å². The van der Waals surface area contributed by atoms with Crippen LogP contribution >= 0.6 is 0 Å². The first-order valence-corrected chi connectivity index (χ1v) is 9.62. The van der Waals surface area contributed by atoms with Crippen molar-refractivity contribution in [2.45, 2.75) is 26.2 Å². The summed E-state index contributed by atoms with van der Waals surface area (Å²) in [4.78, 5) is 30.5. The van der Waals surface area contributed by atoms with Gasteiger partial charge in [-0.3, -0.25) is 5.32 Å². The van der Waals surface area contributed by atoms with Crippen LogP contribution in [0.2, 0.25) is 0 Å². The number of ether oxygens (including phenoxy) is 1. The summed E-state index contributed by atoms with van der Waals surface area (Å²) in [5, 5.41) is 9.14. The minimum absolute atomic E-state index is 0.207. The number of aromatic nitrogens is 2. The zero-order valence-corrected chi connectivity index (χ0v) is 18.1. The first-order chi connectivity index (χ1) is 14.6. The Bertz CT molecular complexity index is 1050. The second-order valence-corrected chi connectivity index (χ2v) is 8.12. The Morgan fingerprint density at radius 2 is 1.74 bits per heavy atom. The van der Waals surface area contributed by atoms with E-state index in [-0.39, 0.29) is 5.41 Å². The van der Waals surface area contributed by atoms with Crippen LogP contribution in [0.25, 0.3) is 0 Å². The number of nitrogens with one attached hydrogen (secondary N) is 2. The molecule has 31 heavy (non-hydrogen) atoms. The summed E-state index contributed by atoms with van der Waals surface area (Å²) >= 11 is 0. The van der Waals surface area contributed by atoms with Gasteiger partial charge in [0.05, 0.1) is 5.56 Å². The van der Waals surface area contributed by atoms with Crippen molar-refractivity contribution in [1.82, 2.24) is 10.1 Å². The average molecular weight is 423 g/mol. The Balaban J connectivity index is 1.55. The monoisotopic (exact) mass is 423 g/mol. The lowest BCUT2D eigenvalue weighted by atomic mass is 9.93. The predicted molar refractivity (Wildman–Crippen MR) is 118 cm³/mol. The Morgan fingerprint density at radius 3 is 2.29 bits per heavy atom. The van der Waals surface area contributed by atoms with Crippen molar-refractivity contribution in [3.05, 3.63) is 60.0 Å². The van der Waals surface area contributed by atoms with Crippen LogP contribution in [0.3, 0.4) is 0 Å². The van der Waals surface area contributed by atoms with Gasteiger partial charge in [0.15, 0.2) is 5.82 Å². The van der Waals surface area contributed by atoms with Gasteiger partial charge in [0.1, 0.15) is 17.3 Å². The van der Waals surface area contributed by atoms with E-state index >= 15 is 0 Å². The van der Waals surface area contributed by atoms with E-state index in [4.69, 9.17) is 9.26 Å². The molecule has 2 aromatic heterocycles. The molecule has 3 aromatic rings. The molecule has 3 rings (SSSR count). The van der Waals surface area contributed by atoms with Crippen LogP contribution in [0.15, 0.2) is 53.2 Å². The molecule has 2 heterocycles. The summed E-state index contributed by atoms with van der Waals surface area (Å²) < 4.78 is 10.6. The maximum atomic E-state index is 12.3. The molecule has 9 nitrogen and oxygen atoms in total. The topological polar surface area (TPSA) is 110 Å². The van der Waals surface area contributed by atoms with Gasteiger partial charge in [-0.05, 0) is 36.4 Å². The van der Waals surface area contributed by atoms with Crippen molar-refractivity contribution >= 4 is 29.3 Å². The lowest BCUT2D eigenvalue weighted by Gasteiger charge is -2.12. The van der Waals surface area contributed by atoms with Gasteiger partial charge in [0.2, 0.25) is 0 Å². The quantitative estimate of drug-likeness (QED) is 0.465. The number of carbonyl (C=O) groups is 2. The standard InChI is InChI=1S/C22H25N5O4/c1-22(2,3)17-12-18(26-31-17)25-21(29)24-15-7-9-16(10-8-15)30-20(28)14-6-11-19(23-13-14)27(4)5/h6-13H,1-5H3,(H2,24,25,26,29). The molecule has 0 spiro atoms. The smallest absolute Gasteiger partial charge is 0.345 e. The zero-order chi connectivity index (χ0) is 22.6. The molecule has 0 atom stereocenters. The number of carbonyl (C=O) groups excluding carboxylic acids is 2. The first-order valence-electron chi connectivity index (χ1n) is 9.62. The summed E-state index contributed by atoms with van der Waals surface area (Å²) in [5.41, 5.74) is 0.657. The molecule has 0 unspecified atom stereocenters. The summed E-state index contributed by atoms with van der Waals surface area (Å²) in [5.74, 6) is 1.56. The van der Waals surface area contributed by atoms with Crippen molar-refractivity contribution < 1.29 is 18.8 Å². The maximum Gasteiger partial charge on any atom is 0.345 e. The fraction of sp³-hybridized carbons (Fsp3) is 0.273. The second kappa shape index (κ2) is 8.86. The summed E-state index contributed by atoms with van der Waals surface area (Å²) in [6.45, 7) is 5.96. The lowest BCUT2D eigenvalue weighted by Crippen LogP contribution is -2.19. The molecule has 1 aromatic carbocycles. The third kappa shape index (κ3) is 5.81. The van der Waals surface area contributed by atoms with Gasteiger partial charge in [-0.15, -0.1) is 0 Å². The van der Waals surface area contributed by atoms with Gasteiger partial charge in [-0.1, -0.05) is 25.9 Å². The largest absolute Gasteiger partial charge is 0.423 e. The maximum absolute atomic E-state index is 12.3. The van der Waals surface area contributed by atoms with Gasteiger partial charge >= 0.3 is 12.0 Å². The van der Waals surface area contributed by atoms with E-state index in [0.717, 1.165) is 5.82 Å². The minimum atomic E-state index is -0.517. The summed E-state index contributed by atoms with van der Waals surface area (Å²) in [7, 11) is 3.73. The van der Waals surface area contributed by atoms with Crippen molar-refractivity contribution in [3.63, 3.8) is 0 Å². The fourth-order valence-corrected chi connectivity index (χ4v) is 2.51. The van der Waals surface area contributed by atoms with Crippen LogP contribution in [-0.4, -0.2) is 36.2 Å². The molecule has 0 fully saturated rings. The van der Waals surface area contributed by atoms with Gasteiger partial charge in [-0.25, -0.2) is 14.6 Å². The second-order valence-electron chi connectivity index (χ2n) is 8.12. The van der Waals surface area contributed by atoms with Crippen molar-refractivity contribution in [1.29, 1.82) is 0 Å². The SMILES string of the molecule is CN(C)c1ccc(C(=O)Oc2ccc(NC(=O)Nc3cc(C(C)(C)C)on3)cc2)cn1. The van der Waals surface area contributed by atoms with Gasteiger partial charge in [-0.2, -0.15) is 0 Å².